The van der Waals surface area contributed by atoms with Gasteiger partial charge in [-0.25, -0.2) is 4.98 Å². The maximum atomic E-state index is 13.1. The van der Waals surface area contributed by atoms with E-state index in [1.807, 2.05) is 31.2 Å². The minimum atomic E-state index is -0.334. The van der Waals surface area contributed by atoms with Gasteiger partial charge in [0, 0.05) is 11.9 Å². The van der Waals surface area contributed by atoms with Gasteiger partial charge in [-0.05, 0) is 56.3 Å². The molecule has 0 spiro atoms. The van der Waals surface area contributed by atoms with Gasteiger partial charge in [0.1, 0.15) is 11.5 Å². The van der Waals surface area contributed by atoms with Crippen molar-refractivity contribution in [1.82, 2.24) is 14.5 Å². The first kappa shape index (κ1) is 17.6. The van der Waals surface area contributed by atoms with Crippen LogP contribution in [0, 0.1) is 13.8 Å². The SMILES string of the molecule is Cc1ccc(-n2c(C)nc3ccc(NC(=O)c4ccccn4)cc3c2=O)cc1. The smallest absolute Gasteiger partial charge is 0.274 e. The number of amides is 1. The topological polar surface area (TPSA) is 76.9 Å². The maximum absolute atomic E-state index is 13.1. The van der Waals surface area contributed by atoms with Crippen LogP contribution in [0.25, 0.3) is 16.6 Å². The van der Waals surface area contributed by atoms with Gasteiger partial charge in [0.25, 0.3) is 11.5 Å². The van der Waals surface area contributed by atoms with Gasteiger partial charge in [0.15, 0.2) is 0 Å². The highest BCUT2D eigenvalue weighted by atomic mass is 16.2. The van der Waals surface area contributed by atoms with Gasteiger partial charge < -0.3 is 5.32 Å². The highest BCUT2D eigenvalue weighted by Gasteiger charge is 2.12. The Morgan fingerprint density at radius 3 is 2.50 bits per heavy atom. The van der Waals surface area contributed by atoms with Gasteiger partial charge in [-0.1, -0.05) is 23.8 Å². The van der Waals surface area contributed by atoms with E-state index in [2.05, 4.69) is 15.3 Å². The first-order valence-corrected chi connectivity index (χ1v) is 8.86. The van der Waals surface area contributed by atoms with Crippen LogP contribution in [0.1, 0.15) is 21.9 Å². The molecule has 0 saturated heterocycles. The summed E-state index contributed by atoms with van der Waals surface area (Å²) in [7, 11) is 0. The van der Waals surface area contributed by atoms with Crippen molar-refractivity contribution in [3.63, 3.8) is 0 Å². The highest BCUT2D eigenvalue weighted by molar-refractivity contribution is 6.03. The number of rotatable bonds is 3. The van der Waals surface area contributed by atoms with E-state index in [1.54, 1.807) is 54.1 Å². The molecule has 0 unspecified atom stereocenters. The van der Waals surface area contributed by atoms with E-state index >= 15 is 0 Å². The summed E-state index contributed by atoms with van der Waals surface area (Å²) in [6.07, 6.45) is 1.56. The molecule has 0 aliphatic heterocycles. The van der Waals surface area contributed by atoms with Gasteiger partial charge in [0.05, 0.1) is 16.6 Å². The molecule has 6 nitrogen and oxygen atoms in total. The van der Waals surface area contributed by atoms with Crippen molar-refractivity contribution >= 4 is 22.5 Å². The molecule has 0 radical (unpaired) electrons. The van der Waals surface area contributed by atoms with E-state index in [0.717, 1.165) is 11.3 Å². The Hall–Kier alpha value is -3.80. The number of anilines is 1. The number of nitrogens with zero attached hydrogens (tertiary/aromatic N) is 3. The zero-order valence-corrected chi connectivity index (χ0v) is 15.5. The first-order chi connectivity index (χ1) is 13.5. The summed E-state index contributed by atoms with van der Waals surface area (Å²) in [6, 6.07) is 17.9. The van der Waals surface area contributed by atoms with Crippen molar-refractivity contribution in [3.8, 4) is 5.69 Å². The van der Waals surface area contributed by atoms with E-state index in [0.29, 0.717) is 28.1 Å². The number of carbonyl (C=O) groups is 1. The molecule has 28 heavy (non-hydrogen) atoms. The van der Waals surface area contributed by atoms with Gasteiger partial charge in [-0.3, -0.25) is 19.1 Å². The Morgan fingerprint density at radius 1 is 1.00 bits per heavy atom. The van der Waals surface area contributed by atoms with Crippen molar-refractivity contribution in [2.24, 2.45) is 0 Å². The highest BCUT2D eigenvalue weighted by Crippen LogP contribution is 2.18. The maximum Gasteiger partial charge on any atom is 0.274 e. The molecule has 0 saturated carbocycles. The Balaban J connectivity index is 1.77. The number of fused-ring (bicyclic) bond motifs is 1. The number of pyridine rings is 1. The number of hydrogen-bond acceptors (Lipinski definition) is 4. The molecule has 1 amide bonds. The monoisotopic (exact) mass is 370 g/mol. The molecule has 0 atom stereocenters. The normalized spacial score (nSPS) is 10.8. The van der Waals surface area contributed by atoms with Crippen LogP contribution in [0.3, 0.4) is 0 Å². The fraction of sp³-hybridized carbons (Fsp3) is 0.0909. The summed E-state index contributed by atoms with van der Waals surface area (Å²) >= 11 is 0. The third-order valence-corrected chi connectivity index (χ3v) is 4.48. The van der Waals surface area contributed by atoms with Crippen LogP contribution in [-0.4, -0.2) is 20.4 Å². The largest absolute Gasteiger partial charge is 0.321 e. The zero-order valence-electron chi connectivity index (χ0n) is 15.5. The lowest BCUT2D eigenvalue weighted by atomic mass is 10.2. The molecular weight excluding hydrogens is 352 g/mol. The van der Waals surface area contributed by atoms with Crippen LogP contribution >= 0.6 is 0 Å². The molecular formula is C22H18N4O2. The van der Waals surface area contributed by atoms with Crippen molar-refractivity contribution < 1.29 is 4.79 Å². The lowest BCUT2D eigenvalue weighted by Crippen LogP contribution is -2.22. The van der Waals surface area contributed by atoms with Gasteiger partial charge in [-0.2, -0.15) is 0 Å². The molecule has 6 heteroatoms. The number of aromatic nitrogens is 3. The Kier molecular flexibility index (Phi) is 4.45. The molecule has 2 aromatic carbocycles. The Bertz CT molecular complexity index is 1230. The van der Waals surface area contributed by atoms with Crippen LogP contribution < -0.4 is 10.9 Å². The number of nitrogens with one attached hydrogen (secondary N) is 1. The van der Waals surface area contributed by atoms with Gasteiger partial charge in [0.2, 0.25) is 0 Å². The second kappa shape index (κ2) is 7.08. The quantitative estimate of drug-likeness (QED) is 0.597. The number of hydrogen-bond donors (Lipinski definition) is 1. The van der Waals surface area contributed by atoms with Crippen LogP contribution in [0.2, 0.25) is 0 Å². The van der Waals surface area contributed by atoms with E-state index in [4.69, 9.17) is 0 Å². The fourth-order valence-electron chi connectivity index (χ4n) is 3.06. The van der Waals surface area contributed by atoms with Gasteiger partial charge in [-0.15, -0.1) is 0 Å². The van der Waals surface area contributed by atoms with Crippen LogP contribution in [0.15, 0.2) is 71.7 Å². The first-order valence-electron chi connectivity index (χ1n) is 8.86. The number of carbonyl (C=O) groups excluding carboxylic acids is 1. The van der Waals surface area contributed by atoms with E-state index in [9.17, 15) is 9.59 Å². The van der Waals surface area contributed by atoms with Crippen molar-refractivity contribution in [2.75, 3.05) is 5.32 Å². The third-order valence-electron chi connectivity index (χ3n) is 4.48. The molecule has 138 valence electrons. The number of benzene rings is 2. The van der Waals surface area contributed by atoms with Crippen LogP contribution in [0.5, 0.6) is 0 Å². The average molecular weight is 370 g/mol. The third kappa shape index (κ3) is 3.27. The number of aryl methyl sites for hydroxylation is 2. The molecule has 0 fully saturated rings. The van der Waals surface area contributed by atoms with Crippen molar-refractivity contribution in [1.29, 1.82) is 0 Å². The molecule has 4 rings (SSSR count). The lowest BCUT2D eigenvalue weighted by Gasteiger charge is -2.12. The summed E-state index contributed by atoms with van der Waals surface area (Å²) in [5, 5.41) is 3.22. The molecule has 4 aromatic rings. The standard InChI is InChI=1S/C22H18N4O2/c1-14-6-9-17(10-7-14)26-15(2)24-19-11-8-16(13-18(19)22(26)28)25-21(27)20-5-3-4-12-23-20/h3-13H,1-2H3,(H,25,27). The van der Waals surface area contributed by atoms with Gasteiger partial charge >= 0.3 is 0 Å². The second-order valence-corrected chi connectivity index (χ2v) is 6.54. The fourth-order valence-corrected chi connectivity index (χ4v) is 3.06. The molecule has 2 aromatic heterocycles. The molecule has 0 aliphatic rings. The Morgan fingerprint density at radius 2 is 1.79 bits per heavy atom. The summed E-state index contributed by atoms with van der Waals surface area (Å²) in [4.78, 5) is 34.1. The summed E-state index contributed by atoms with van der Waals surface area (Å²) in [5.74, 6) is 0.269. The second-order valence-electron chi connectivity index (χ2n) is 6.54. The predicted octanol–water partition coefficient (Wildman–Crippen LogP) is 3.65. The van der Waals surface area contributed by atoms with Crippen molar-refractivity contribution in [3.05, 3.63) is 94.3 Å². The zero-order chi connectivity index (χ0) is 19.7. The summed E-state index contributed by atoms with van der Waals surface area (Å²) in [5.41, 5.74) is 3.10. The molecule has 2 heterocycles. The van der Waals surface area contributed by atoms with Crippen LogP contribution in [-0.2, 0) is 0 Å². The van der Waals surface area contributed by atoms with Crippen LogP contribution in [0.4, 0.5) is 5.69 Å². The van der Waals surface area contributed by atoms with Crippen molar-refractivity contribution in [2.45, 2.75) is 13.8 Å². The lowest BCUT2D eigenvalue weighted by molar-refractivity contribution is 0.102. The molecule has 0 bridgehead atoms. The summed E-state index contributed by atoms with van der Waals surface area (Å²) in [6.45, 7) is 3.80. The van der Waals surface area contributed by atoms with E-state index < -0.39 is 0 Å². The average Bonchev–Trinajstić information content (AvgIpc) is 2.70. The molecule has 0 aliphatic carbocycles. The Labute approximate surface area is 161 Å². The molecule has 1 N–H and O–H groups in total. The predicted molar refractivity (Wildman–Crippen MR) is 109 cm³/mol. The minimum Gasteiger partial charge on any atom is -0.321 e. The minimum absolute atomic E-state index is 0.180. The summed E-state index contributed by atoms with van der Waals surface area (Å²) < 4.78 is 1.58. The van der Waals surface area contributed by atoms with E-state index in [1.165, 1.54) is 0 Å². The van der Waals surface area contributed by atoms with E-state index in [-0.39, 0.29) is 11.5 Å².